The van der Waals surface area contributed by atoms with Gasteiger partial charge in [0.1, 0.15) is 6.04 Å². The zero-order valence-electron chi connectivity index (χ0n) is 12.4. The van der Waals surface area contributed by atoms with E-state index >= 15 is 0 Å². The first-order valence-corrected chi connectivity index (χ1v) is 9.88. The van der Waals surface area contributed by atoms with Gasteiger partial charge >= 0.3 is 5.97 Å². The Bertz CT molecular complexity index is 663. The van der Waals surface area contributed by atoms with Gasteiger partial charge in [0, 0.05) is 23.1 Å². The summed E-state index contributed by atoms with van der Waals surface area (Å²) in [6.07, 6.45) is 0. The molecule has 0 radical (unpaired) electrons. The molecular formula is C14H18ClNO4S2. The molecule has 1 saturated heterocycles. The Hall–Kier alpha value is -0.760. The largest absolute Gasteiger partial charge is 0.465 e. The molecule has 1 fully saturated rings. The fourth-order valence-corrected chi connectivity index (χ4v) is 5.59. The standard InChI is InChI=1S/C14H18ClNO4S2/c1-3-20-14(17)12-9-21-8-7-16(12)22(18,19)13-6-4-5-11(15)10(13)2/h4-6,12H,3,7-9H2,1-2H3/t12-/m1/s1. The molecule has 0 spiro atoms. The van der Waals surface area contributed by atoms with Crippen molar-refractivity contribution in [3.05, 3.63) is 28.8 Å². The van der Waals surface area contributed by atoms with Crippen molar-refractivity contribution in [2.24, 2.45) is 0 Å². The molecule has 1 aromatic rings. The van der Waals surface area contributed by atoms with Gasteiger partial charge in [0.05, 0.1) is 11.5 Å². The highest BCUT2D eigenvalue weighted by molar-refractivity contribution is 7.99. The molecule has 0 aromatic heterocycles. The van der Waals surface area contributed by atoms with E-state index in [1.165, 1.54) is 10.4 Å². The molecule has 8 heteroatoms. The summed E-state index contributed by atoms with van der Waals surface area (Å²) in [4.78, 5) is 12.2. The van der Waals surface area contributed by atoms with Crippen LogP contribution in [0, 0.1) is 6.92 Å². The second kappa shape index (κ2) is 7.21. The number of rotatable bonds is 4. The number of ether oxygens (including phenoxy) is 1. The smallest absolute Gasteiger partial charge is 0.325 e. The van der Waals surface area contributed by atoms with E-state index in [1.807, 2.05) is 0 Å². The topological polar surface area (TPSA) is 63.7 Å². The van der Waals surface area contributed by atoms with Gasteiger partial charge in [-0.05, 0) is 31.5 Å². The number of hydrogen-bond donors (Lipinski definition) is 0. The Labute approximate surface area is 140 Å². The first-order valence-electron chi connectivity index (χ1n) is 6.91. The Morgan fingerprint density at radius 2 is 2.23 bits per heavy atom. The minimum atomic E-state index is -3.79. The molecule has 1 atom stereocenters. The maximum absolute atomic E-state index is 12.9. The summed E-state index contributed by atoms with van der Waals surface area (Å²) in [7, 11) is -3.79. The first-order chi connectivity index (χ1) is 10.4. The highest BCUT2D eigenvalue weighted by atomic mass is 35.5. The fraction of sp³-hybridized carbons (Fsp3) is 0.500. The van der Waals surface area contributed by atoms with Crippen LogP contribution in [0.1, 0.15) is 12.5 Å². The van der Waals surface area contributed by atoms with Crippen molar-refractivity contribution in [1.29, 1.82) is 0 Å². The molecule has 22 heavy (non-hydrogen) atoms. The third-order valence-electron chi connectivity index (χ3n) is 3.44. The monoisotopic (exact) mass is 363 g/mol. The van der Waals surface area contributed by atoms with E-state index in [-0.39, 0.29) is 18.0 Å². The Balaban J connectivity index is 2.41. The van der Waals surface area contributed by atoms with E-state index in [0.29, 0.717) is 22.1 Å². The Kier molecular flexibility index (Phi) is 5.76. The van der Waals surface area contributed by atoms with Gasteiger partial charge in [-0.2, -0.15) is 16.1 Å². The van der Waals surface area contributed by atoms with Crippen LogP contribution in [-0.2, 0) is 19.6 Å². The number of esters is 1. The van der Waals surface area contributed by atoms with Crippen LogP contribution >= 0.6 is 23.4 Å². The highest BCUT2D eigenvalue weighted by Gasteiger charge is 2.39. The number of benzene rings is 1. The molecule has 1 aliphatic rings. The Morgan fingerprint density at radius 1 is 1.50 bits per heavy atom. The predicted molar refractivity (Wildman–Crippen MR) is 87.8 cm³/mol. The average Bonchev–Trinajstić information content (AvgIpc) is 2.50. The molecule has 1 aliphatic heterocycles. The van der Waals surface area contributed by atoms with Crippen molar-refractivity contribution in [2.45, 2.75) is 24.8 Å². The number of halogens is 1. The quantitative estimate of drug-likeness (QED) is 0.768. The van der Waals surface area contributed by atoms with E-state index in [1.54, 1.807) is 37.7 Å². The van der Waals surface area contributed by atoms with Crippen molar-refractivity contribution in [1.82, 2.24) is 4.31 Å². The number of carbonyl (C=O) groups excluding carboxylic acids is 1. The first kappa shape index (κ1) is 17.6. The van der Waals surface area contributed by atoms with Gasteiger partial charge < -0.3 is 4.74 Å². The summed E-state index contributed by atoms with van der Waals surface area (Å²) >= 11 is 7.58. The highest BCUT2D eigenvalue weighted by Crippen LogP contribution is 2.29. The number of nitrogens with zero attached hydrogens (tertiary/aromatic N) is 1. The number of hydrogen-bond acceptors (Lipinski definition) is 5. The molecule has 122 valence electrons. The van der Waals surface area contributed by atoms with Crippen LogP contribution in [0.2, 0.25) is 5.02 Å². The van der Waals surface area contributed by atoms with Crippen molar-refractivity contribution >= 4 is 39.4 Å². The van der Waals surface area contributed by atoms with Gasteiger partial charge in [-0.3, -0.25) is 4.79 Å². The van der Waals surface area contributed by atoms with Crippen molar-refractivity contribution < 1.29 is 17.9 Å². The number of carbonyl (C=O) groups is 1. The van der Waals surface area contributed by atoms with Crippen molar-refractivity contribution in [2.75, 3.05) is 24.7 Å². The van der Waals surface area contributed by atoms with Crippen LogP contribution in [0.3, 0.4) is 0 Å². The van der Waals surface area contributed by atoms with E-state index in [2.05, 4.69) is 0 Å². The van der Waals surface area contributed by atoms with Crippen LogP contribution in [0.25, 0.3) is 0 Å². The second-order valence-electron chi connectivity index (χ2n) is 4.82. The maximum atomic E-state index is 12.9. The van der Waals surface area contributed by atoms with Gasteiger partial charge in [0.15, 0.2) is 0 Å². The van der Waals surface area contributed by atoms with Crippen LogP contribution in [0.15, 0.2) is 23.1 Å². The Morgan fingerprint density at radius 3 is 2.91 bits per heavy atom. The summed E-state index contributed by atoms with van der Waals surface area (Å²) in [5, 5.41) is 0.389. The van der Waals surface area contributed by atoms with Gasteiger partial charge in [-0.25, -0.2) is 8.42 Å². The maximum Gasteiger partial charge on any atom is 0.325 e. The zero-order chi connectivity index (χ0) is 16.3. The summed E-state index contributed by atoms with van der Waals surface area (Å²) < 4.78 is 32.1. The molecule has 0 saturated carbocycles. The second-order valence-corrected chi connectivity index (χ2v) is 8.24. The summed E-state index contributed by atoms with van der Waals surface area (Å²) in [5.41, 5.74) is 0.491. The molecule has 0 aliphatic carbocycles. The van der Waals surface area contributed by atoms with Crippen molar-refractivity contribution in [3.63, 3.8) is 0 Å². The van der Waals surface area contributed by atoms with Crippen molar-refractivity contribution in [3.8, 4) is 0 Å². The van der Waals surface area contributed by atoms with Gasteiger partial charge in [-0.1, -0.05) is 17.7 Å². The van der Waals surface area contributed by atoms with E-state index in [9.17, 15) is 13.2 Å². The lowest BCUT2D eigenvalue weighted by molar-refractivity contribution is -0.146. The zero-order valence-corrected chi connectivity index (χ0v) is 14.8. The molecular weight excluding hydrogens is 346 g/mol. The SMILES string of the molecule is CCOC(=O)[C@H]1CSCCN1S(=O)(=O)c1cccc(Cl)c1C. The normalized spacial score (nSPS) is 19.9. The molecule has 0 amide bonds. The minimum Gasteiger partial charge on any atom is -0.465 e. The third-order valence-corrected chi connectivity index (χ3v) is 6.93. The van der Waals surface area contributed by atoms with Gasteiger partial charge in [0.25, 0.3) is 0 Å². The number of sulfonamides is 1. The molecule has 1 aromatic carbocycles. The molecule has 0 N–H and O–H groups in total. The lowest BCUT2D eigenvalue weighted by Gasteiger charge is -2.33. The van der Waals surface area contributed by atoms with Gasteiger partial charge in [0.2, 0.25) is 10.0 Å². The van der Waals surface area contributed by atoms with Crippen LogP contribution in [0.4, 0.5) is 0 Å². The minimum absolute atomic E-state index is 0.140. The summed E-state index contributed by atoms with van der Waals surface area (Å²) in [5.74, 6) is 0.546. The summed E-state index contributed by atoms with van der Waals surface area (Å²) in [6, 6.07) is 3.97. The summed E-state index contributed by atoms with van der Waals surface area (Å²) in [6.45, 7) is 3.87. The molecule has 0 unspecified atom stereocenters. The molecule has 2 rings (SSSR count). The molecule has 1 heterocycles. The lowest BCUT2D eigenvalue weighted by atomic mass is 10.2. The lowest BCUT2D eigenvalue weighted by Crippen LogP contribution is -2.50. The van der Waals surface area contributed by atoms with Crippen LogP contribution in [-0.4, -0.2) is 49.4 Å². The molecule has 5 nitrogen and oxygen atoms in total. The number of thioether (sulfide) groups is 1. The third kappa shape index (κ3) is 3.42. The molecule has 0 bridgehead atoms. The van der Waals surface area contributed by atoms with E-state index in [4.69, 9.17) is 16.3 Å². The van der Waals surface area contributed by atoms with Crippen LogP contribution in [0.5, 0.6) is 0 Å². The van der Waals surface area contributed by atoms with Crippen LogP contribution < -0.4 is 0 Å². The average molecular weight is 364 g/mol. The van der Waals surface area contributed by atoms with E-state index in [0.717, 1.165) is 0 Å². The van der Waals surface area contributed by atoms with Gasteiger partial charge in [-0.15, -0.1) is 0 Å². The fourth-order valence-electron chi connectivity index (χ4n) is 2.29. The van der Waals surface area contributed by atoms with E-state index < -0.39 is 22.0 Å². The predicted octanol–water partition coefficient (Wildman–Crippen LogP) is 2.32.